The third-order valence-corrected chi connectivity index (χ3v) is 7.70. The van der Waals surface area contributed by atoms with Gasteiger partial charge in [-0.3, -0.25) is 14.5 Å². The molecule has 0 saturated heterocycles. The van der Waals surface area contributed by atoms with Crippen LogP contribution in [0.25, 0.3) is 0 Å². The fraction of sp³-hybridized carbons (Fsp3) is 0.394. The number of likely N-dealkylation sites (N-methyl/N-ethyl adjacent to an activating group) is 1. The van der Waals surface area contributed by atoms with E-state index in [0.717, 1.165) is 19.5 Å². The topological polar surface area (TPSA) is 80.3 Å². The van der Waals surface area contributed by atoms with E-state index >= 15 is 0 Å². The first-order chi connectivity index (χ1) is 19.8. The number of hydrogen-bond donors (Lipinski definition) is 1. The molecular formula is C33H41N3O5. The zero-order valence-electron chi connectivity index (χ0n) is 24.6. The molecule has 41 heavy (non-hydrogen) atoms. The summed E-state index contributed by atoms with van der Waals surface area (Å²) in [4.78, 5) is 30.6. The molecular weight excluding hydrogens is 518 g/mol. The molecule has 8 nitrogen and oxygen atoms in total. The minimum absolute atomic E-state index is 0.0776. The van der Waals surface area contributed by atoms with Crippen LogP contribution in [0.2, 0.25) is 0 Å². The average molecular weight is 560 g/mol. The molecule has 218 valence electrons. The predicted octanol–water partition coefficient (Wildman–Crippen LogP) is 5.00. The standard InChI is InChI=1S/C33H41N3O5/c1-23-20-36(17-16-25-10-7-6-8-11-25)24(2)22-41-30-19-27(34-32(37)26-12-9-13-28(18-26)39-4)14-15-29(30)33(38)35(3)21-31(23)40-5/h6-15,18-19,23-24,31H,16-17,20-22H2,1-5H3,(H,34,37)/t23-,24-,31+/m0/s1. The number of benzene rings is 3. The lowest BCUT2D eigenvalue weighted by Crippen LogP contribution is -2.47. The molecule has 1 heterocycles. The number of carbonyl (C=O) groups is 2. The van der Waals surface area contributed by atoms with Crippen molar-refractivity contribution < 1.29 is 23.8 Å². The minimum atomic E-state index is -0.280. The lowest BCUT2D eigenvalue weighted by Gasteiger charge is -2.36. The van der Waals surface area contributed by atoms with Gasteiger partial charge < -0.3 is 24.4 Å². The maximum Gasteiger partial charge on any atom is 0.257 e. The van der Waals surface area contributed by atoms with Crippen molar-refractivity contribution in [3.63, 3.8) is 0 Å². The Kier molecular flexibility index (Phi) is 10.4. The highest BCUT2D eigenvalue weighted by atomic mass is 16.5. The highest BCUT2D eigenvalue weighted by Gasteiger charge is 2.28. The van der Waals surface area contributed by atoms with E-state index in [0.29, 0.717) is 41.5 Å². The second kappa shape index (κ2) is 14.1. The van der Waals surface area contributed by atoms with E-state index in [4.69, 9.17) is 14.2 Å². The Labute approximate surface area is 243 Å². The van der Waals surface area contributed by atoms with Crippen LogP contribution in [-0.2, 0) is 11.2 Å². The molecule has 0 spiro atoms. The fourth-order valence-corrected chi connectivity index (χ4v) is 5.12. The molecule has 0 saturated carbocycles. The molecule has 0 aliphatic carbocycles. The second-order valence-corrected chi connectivity index (χ2v) is 10.7. The highest BCUT2D eigenvalue weighted by molar-refractivity contribution is 6.05. The summed E-state index contributed by atoms with van der Waals surface area (Å²) in [5.41, 5.74) is 2.74. The van der Waals surface area contributed by atoms with Crippen LogP contribution in [0.15, 0.2) is 72.8 Å². The van der Waals surface area contributed by atoms with Gasteiger partial charge in [-0.15, -0.1) is 0 Å². The molecule has 3 aromatic rings. The van der Waals surface area contributed by atoms with Gasteiger partial charge in [-0.05, 0) is 55.2 Å². The van der Waals surface area contributed by atoms with Crippen LogP contribution < -0.4 is 14.8 Å². The molecule has 0 aromatic heterocycles. The van der Waals surface area contributed by atoms with E-state index in [1.165, 1.54) is 5.56 Å². The summed E-state index contributed by atoms with van der Waals surface area (Å²) in [5.74, 6) is 0.790. The molecule has 0 bridgehead atoms. The van der Waals surface area contributed by atoms with Gasteiger partial charge in [0.15, 0.2) is 0 Å². The van der Waals surface area contributed by atoms with Gasteiger partial charge in [0.05, 0.1) is 18.8 Å². The molecule has 8 heteroatoms. The number of nitrogens with one attached hydrogen (secondary N) is 1. The predicted molar refractivity (Wildman–Crippen MR) is 161 cm³/mol. The van der Waals surface area contributed by atoms with Gasteiger partial charge in [0.1, 0.15) is 18.1 Å². The fourth-order valence-electron chi connectivity index (χ4n) is 5.12. The van der Waals surface area contributed by atoms with E-state index in [2.05, 4.69) is 48.3 Å². The summed E-state index contributed by atoms with van der Waals surface area (Å²) in [6, 6.07) is 22.7. The molecule has 3 atom stereocenters. The number of rotatable bonds is 7. The van der Waals surface area contributed by atoms with Gasteiger partial charge in [-0.1, -0.05) is 43.3 Å². The summed E-state index contributed by atoms with van der Waals surface area (Å²) in [6.07, 6.45) is 0.797. The Morgan fingerprint density at radius 3 is 2.51 bits per heavy atom. The average Bonchev–Trinajstić information content (AvgIpc) is 3.00. The van der Waals surface area contributed by atoms with Gasteiger partial charge in [-0.25, -0.2) is 0 Å². The maximum absolute atomic E-state index is 13.5. The Balaban J connectivity index is 1.59. The van der Waals surface area contributed by atoms with E-state index in [1.807, 2.05) is 6.07 Å². The van der Waals surface area contributed by atoms with E-state index < -0.39 is 0 Å². The molecule has 0 radical (unpaired) electrons. The Bertz CT molecular complexity index is 1320. The SMILES string of the molecule is COc1cccc(C(=O)Nc2ccc3c(c2)OC[C@H](C)N(CCc2ccccc2)C[C@H](C)[C@H](OC)CN(C)C3=O)c1. The number of anilines is 1. The normalized spacial score (nSPS) is 20.3. The molecule has 4 rings (SSSR count). The summed E-state index contributed by atoms with van der Waals surface area (Å²) in [5, 5.41) is 2.92. The van der Waals surface area contributed by atoms with Crippen LogP contribution in [0.3, 0.4) is 0 Å². The smallest absolute Gasteiger partial charge is 0.257 e. The van der Waals surface area contributed by atoms with Gasteiger partial charge >= 0.3 is 0 Å². The summed E-state index contributed by atoms with van der Waals surface area (Å²) in [6.45, 7) is 6.83. The summed E-state index contributed by atoms with van der Waals surface area (Å²) in [7, 11) is 5.05. The number of hydrogen-bond acceptors (Lipinski definition) is 6. The third-order valence-electron chi connectivity index (χ3n) is 7.70. The van der Waals surface area contributed by atoms with Crippen molar-refractivity contribution >= 4 is 17.5 Å². The van der Waals surface area contributed by atoms with Crippen molar-refractivity contribution in [1.82, 2.24) is 9.80 Å². The van der Waals surface area contributed by atoms with Gasteiger partial charge in [0.25, 0.3) is 11.8 Å². The number of amides is 2. The largest absolute Gasteiger partial charge is 0.497 e. The van der Waals surface area contributed by atoms with E-state index in [1.54, 1.807) is 68.6 Å². The maximum atomic E-state index is 13.5. The monoisotopic (exact) mass is 559 g/mol. The van der Waals surface area contributed by atoms with Gasteiger partial charge in [-0.2, -0.15) is 0 Å². The van der Waals surface area contributed by atoms with Crippen molar-refractivity contribution in [3.8, 4) is 11.5 Å². The lowest BCUT2D eigenvalue weighted by atomic mass is 10.0. The molecule has 1 N–H and O–H groups in total. The number of methoxy groups -OCH3 is 2. The molecule has 0 unspecified atom stereocenters. The molecule has 0 fully saturated rings. The van der Waals surface area contributed by atoms with Gasteiger partial charge in [0, 0.05) is 57.2 Å². The first-order valence-electron chi connectivity index (χ1n) is 14.1. The molecule has 3 aromatic carbocycles. The van der Waals surface area contributed by atoms with Crippen LogP contribution >= 0.6 is 0 Å². The number of fused-ring (bicyclic) bond motifs is 1. The van der Waals surface area contributed by atoms with Crippen molar-refractivity contribution in [3.05, 3.63) is 89.5 Å². The zero-order valence-corrected chi connectivity index (χ0v) is 24.6. The minimum Gasteiger partial charge on any atom is -0.497 e. The zero-order chi connectivity index (χ0) is 29.4. The second-order valence-electron chi connectivity index (χ2n) is 10.7. The van der Waals surface area contributed by atoms with Crippen LogP contribution in [0, 0.1) is 5.92 Å². The molecule has 2 amide bonds. The van der Waals surface area contributed by atoms with Crippen LogP contribution in [-0.4, -0.2) is 81.3 Å². The lowest BCUT2D eigenvalue weighted by molar-refractivity contribution is 0.0109. The summed E-state index contributed by atoms with van der Waals surface area (Å²) < 4.78 is 17.5. The van der Waals surface area contributed by atoms with Crippen molar-refractivity contribution in [2.24, 2.45) is 5.92 Å². The highest BCUT2D eigenvalue weighted by Crippen LogP contribution is 2.27. The molecule has 1 aliphatic rings. The third kappa shape index (κ3) is 7.86. The van der Waals surface area contributed by atoms with Gasteiger partial charge in [0.2, 0.25) is 0 Å². The number of carbonyl (C=O) groups excluding carboxylic acids is 2. The van der Waals surface area contributed by atoms with Crippen LogP contribution in [0.1, 0.15) is 40.1 Å². The summed E-state index contributed by atoms with van der Waals surface area (Å²) >= 11 is 0. The van der Waals surface area contributed by atoms with E-state index in [-0.39, 0.29) is 29.9 Å². The van der Waals surface area contributed by atoms with Crippen molar-refractivity contribution in [1.29, 1.82) is 0 Å². The number of nitrogens with zero attached hydrogens (tertiary/aromatic N) is 2. The van der Waals surface area contributed by atoms with E-state index in [9.17, 15) is 9.59 Å². The van der Waals surface area contributed by atoms with Crippen molar-refractivity contribution in [2.45, 2.75) is 32.4 Å². The quantitative estimate of drug-likeness (QED) is 0.439. The van der Waals surface area contributed by atoms with Crippen LogP contribution in [0.4, 0.5) is 5.69 Å². The Hall–Kier alpha value is -3.88. The first-order valence-corrected chi connectivity index (χ1v) is 14.1. The Morgan fingerprint density at radius 2 is 1.78 bits per heavy atom. The Morgan fingerprint density at radius 1 is 1.00 bits per heavy atom. The molecule has 1 aliphatic heterocycles. The number of ether oxygens (including phenoxy) is 3. The first kappa shape index (κ1) is 30.1. The van der Waals surface area contributed by atoms with Crippen LogP contribution in [0.5, 0.6) is 11.5 Å². The van der Waals surface area contributed by atoms with Crippen molar-refractivity contribution in [2.75, 3.05) is 52.8 Å².